The fourth-order valence-corrected chi connectivity index (χ4v) is 18.9. The summed E-state index contributed by atoms with van der Waals surface area (Å²) in [7, 11) is 17.1. The average Bonchev–Trinajstić information content (AvgIpc) is 0.873. The smallest absolute Gasteiger partial charge is 0.414 e. The summed E-state index contributed by atoms with van der Waals surface area (Å²) in [6.07, 6.45) is 9.17. The molecule has 1 aromatic heterocycles. The van der Waals surface area contributed by atoms with Gasteiger partial charge in [-0.25, -0.2) is 14.4 Å². The predicted molar refractivity (Wildman–Crippen MR) is 515 cm³/mol. The summed E-state index contributed by atoms with van der Waals surface area (Å²) in [6.45, 7) is 13.6. The molecule has 0 aliphatic rings. The topological polar surface area (TPSA) is 613 Å². The molecule has 0 saturated heterocycles. The Morgan fingerprint density at radius 2 is 0.657 bits per heavy atom. The van der Waals surface area contributed by atoms with Gasteiger partial charge in [-0.05, 0) is 74.2 Å². The molecule has 750 valence electrons. The number of aromatic nitrogens is 1. The van der Waals surface area contributed by atoms with Crippen molar-refractivity contribution in [2.75, 3.05) is 148 Å². The maximum Gasteiger partial charge on any atom is 0.414 e. The molecular weight excluding hydrogens is 2020 g/mol. The normalized spacial score (nSPS) is 10.1. The Morgan fingerprint density at radius 3 is 1.01 bits per heavy atom. The van der Waals surface area contributed by atoms with Crippen LogP contribution in [0.1, 0.15) is 148 Å². The monoisotopic (exact) mass is 2120 g/mol. The number of esters is 7. The molecular formula is C76H107N9O37S12. The van der Waals surface area contributed by atoms with Gasteiger partial charge in [0.2, 0.25) is 0 Å². The molecule has 0 fully saturated rings. The van der Waals surface area contributed by atoms with Gasteiger partial charge in [0.1, 0.15) is 108 Å². The molecule has 134 heavy (non-hydrogen) atoms. The van der Waals surface area contributed by atoms with Crippen molar-refractivity contribution >= 4 is 195 Å². The number of nitrogens with one attached hydrogen (secondary N) is 2. The number of ketones is 1. The van der Waals surface area contributed by atoms with Crippen LogP contribution in [0.2, 0.25) is 0 Å². The molecule has 0 radical (unpaired) electrons. The summed E-state index contributed by atoms with van der Waals surface area (Å²) >= 11 is 0. The number of amides is 3. The lowest BCUT2D eigenvalue weighted by Gasteiger charge is -2.14. The van der Waals surface area contributed by atoms with Gasteiger partial charge in [-0.3, -0.25) is 48.7 Å². The fraction of sp³-hybridized carbons (Fsp3) is 0.553. The second-order valence-corrected chi connectivity index (χ2v) is 40.6. The molecule has 0 unspecified atom stereocenters. The van der Waals surface area contributed by atoms with Crippen LogP contribution in [-0.4, -0.2) is 249 Å². The minimum absolute atomic E-state index is 0.0141. The Morgan fingerprint density at radius 1 is 0.351 bits per heavy atom. The van der Waals surface area contributed by atoms with Gasteiger partial charge >= 0.3 is 47.9 Å². The number of alkyl carbamates (subject to hydrolysis) is 1. The number of carbonyl (C=O) groups excluding carboxylic acids is 11. The van der Waals surface area contributed by atoms with Crippen LogP contribution in [0.25, 0.3) is 0 Å². The Labute approximate surface area is 818 Å². The summed E-state index contributed by atoms with van der Waals surface area (Å²) in [6, 6.07) is 22.1. The average molecular weight is 2120 g/mol. The first-order valence-electron chi connectivity index (χ1n) is 40.0. The molecule has 0 spiro atoms. The minimum Gasteiger partial charge on any atom is -0.465 e. The van der Waals surface area contributed by atoms with Gasteiger partial charge in [0.25, 0.3) is 42.3 Å². The van der Waals surface area contributed by atoms with Gasteiger partial charge in [0.15, 0.2) is 0 Å². The number of hydrogen-bond acceptors (Lipinski definition) is 50. The van der Waals surface area contributed by atoms with E-state index in [1.54, 1.807) is 66.9 Å². The second-order valence-electron chi connectivity index (χ2n) is 24.4. The van der Waals surface area contributed by atoms with E-state index in [4.69, 9.17) is 37.9 Å². The highest BCUT2D eigenvalue weighted by Gasteiger charge is 2.23. The van der Waals surface area contributed by atoms with Gasteiger partial charge < -0.3 is 72.2 Å². The molecule has 0 saturated carbocycles. The van der Waals surface area contributed by atoms with Crippen molar-refractivity contribution in [2.45, 2.75) is 106 Å². The van der Waals surface area contributed by atoms with Gasteiger partial charge in [-0.2, -0.15) is 0 Å². The van der Waals surface area contributed by atoms with E-state index in [1.165, 1.54) is 181 Å². The molecule has 3 amide bonds. The fourth-order valence-electron chi connectivity index (χ4n) is 8.97. The van der Waals surface area contributed by atoms with Gasteiger partial charge in [0, 0.05) is 115 Å². The molecule has 58 heteroatoms. The number of pyridine rings is 1. The first kappa shape index (κ1) is 127. The van der Waals surface area contributed by atoms with Crippen LogP contribution in [0, 0.1) is 72.5 Å². The van der Waals surface area contributed by atoms with Crippen molar-refractivity contribution in [3.05, 3.63) is 180 Å². The Balaban J connectivity index is 0. The van der Waals surface area contributed by atoms with E-state index in [1.807, 2.05) is 19.2 Å². The van der Waals surface area contributed by atoms with E-state index in [0.29, 0.717) is 93.3 Å². The maximum atomic E-state index is 12.0. The van der Waals surface area contributed by atoms with Crippen molar-refractivity contribution in [3.63, 3.8) is 0 Å². The van der Waals surface area contributed by atoms with E-state index < -0.39 is 78.3 Å². The molecule has 2 N–H and O–H groups in total. The highest BCUT2D eigenvalue weighted by molar-refractivity contribution is 8.78. The molecule has 0 atom stereocenters. The number of carbonyl (C=O) groups is 11. The third-order valence-electron chi connectivity index (χ3n) is 14.1. The largest absolute Gasteiger partial charge is 0.465 e. The first-order valence-corrected chi connectivity index (χ1v) is 54.9. The van der Waals surface area contributed by atoms with Crippen molar-refractivity contribution in [1.82, 2.24) is 15.6 Å². The number of Topliss-reactive ketones (excluding diaryl/α,β-unsaturated/α-hetero) is 1. The van der Waals surface area contributed by atoms with Gasteiger partial charge in [-0.15, -0.1) is 60.7 Å². The zero-order chi connectivity index (χ0) is 100. The van der Waals surface area contributed by atoms with Crippen molar-refractivity contribution in [3.8, 4) is 17.2 Å². The van der Waals surface area contributed by atoms with Crippen molar-refractivity contribution in [2.24, 2.45) is 11.8 Å². The summed E-state index contributed by atoms with van der Waals surface area (Å²) in [5.74, 6) is 2.40. The van der Waals surface area contributed by atoms with Crippen LogP contribution in [0.4, 0.5) is 4.79 Å². The lowest BCUT2D eigenvalue weighted by molar-refractivity contribution is -0.756. The third kappa shape index (κ3) is 76.8. The number of para-hydroxylation sites is 3. The first-order chi connectivity index (χ1) is 64.2. The van der Waals surface area contributed by atoms with Crippen LogP contribution in [-0.2, 0) is 81.5 Å². The highest BCUT2D eigenvalue weighted by Crippen LogP contribution is 2.28. The number of benzene rings is 3. The lowest BCUT2D eigenvalue weighted by Crippen LogP contribution is -2.32. The number of nitrogens with zero attached hydrogens (tertiary/aromatic N) is 7. The van der Waals surface area contributed by atoms with E-state index in [0.717, 1.165) is 51.4 Å². The quantitative estimate of drug-likeness (QED) is 0.00606. The van der Waals surface area contributed by atoms with Crippen LogP contribution in [0.15, 0.2) is 97.3 Å². The van der Waals surface area contributed by atoms with Crippen LogP contribution in [0.3, 0.4) is 0 Å². The van der Waals surface area contributed by atoms with Gasteiger partial charge in [-0.1, -0.05) is 219 Å². The molecule has 4 rings (SSSR count). The van der Waals surface area contributed by atoms with Crippen LogP contribution >= 0.6 is 130 Å². The Kier molecular flexibility index (Phi) is 81.7. The summed E-state index contributed by atoms with van der Waals surface area (Å²) < 4.78 is 40.0. The number of rotatable bonds is 67. The molecule has 1 heterocycles. The Hall–Kier alpha value is -9.42. The predicted octanol–water partition coefficient (Wildman–Crippen LogP) is 14.8. The number of imide groups is 1. The number of hydrogen-bond donors (Lipinski definition) is 2. The van der Waals surface area contributed by atoms with Crippen LogP contribution < -0.4 is 24.8 Å². The molecule has 4 aromatic rings. The SMILES string of the molecule is CC(=O)Oc1ccccc1C(=O)NC(=O)OCCSSCCO[N+](=O)[O-].CC(=O)Oc1ccccc1C(=O)NCCSSCCO[N+](=O)[O-].CC(=O)Oc1ccccc1C(=O)OCCSSCCO[N+](=O)[O-].CCCC(CCC)C(=O)CC(=O)OCCSSCCO[N+](=O)[O-].CCCC(CCC)C(=O)OCCSSCCO[N+](=O)[O-].O=C(OCCSSCCO[N+](=O)[O-])c1cccnc1. The van der Waals surface area contributed by atoms with E-state index >= 15 is 0 Å². The van der Waals surface area contributed by atoms with Crippen LogP contribution in [0.5, 0.6) is 17.2 Å². The number of ether oxygens (including phenoxy) is 8. The van der Waals surface area contributed by atoms with E-state index in [2.05, 4.69) is 53.2 Å². The molecule has 3 aromatic carbocycles. The second kappa shape index (κ2) is 86.4. The zero-order valence-corrected chi connectivity index (χ0v) is 83.7. The zero-order valence-electron chi connectivity index (χ0n) is 73.9. The molecule has 0 aliphatic carbocycles. The Bertz CT molecular complexity index is 3990. The molecule has 0 bridgehead atoms. The van der Waals surface area contributed by atoms with E-state index in [-0.39, 0.29) is 130 Å². The summed E-state index contributed by atoms with van der Waals surface area (Å²) in [5, 5.41) is 59.2. The standard InChI is InChI=1S/C14H16N2O8S2.C14H25NO6S2.C13H16N2O6S2.C13H15NO7S2.C12H23NO5S2.C10H12N2O5S2/c1-10(17)24-12-5-3-2-4-11(12)13(18)15-14(19)22-6-8-25-26-9-7-23-16(20)21;1-3-5-12(6-4-2)13(16)11-14(17)20-7-9-22-23-10-8-21-15(18)19;1-10(16)21-12-5-3-2-4-11(12)13(17)14-6-8-22-23-9-7-20-15(18)19;1-10(15)21-12-5-3-2-4-11(12)13(16)19-6-8-22-23-9-7-20-14(17)18;1-3-5-11(6-4-2)12(14)17-7-9-19-20-10-8-18-13(15)16;13-10(9-2-1-3-11-8-9)16-4-6-18-19-7-5-17-12(14)15/h2-5H,6-9H2,1H3,(H,15,18,19);12H,3-11H2,1-2H3;2-5H,6-9H2,1H3,(H,14,17);2-5H,6-9H2,1H3;11H,3-10H2,1-2H3;1-3,8H,4-7H2. The lowest BCUT2D eigenvalue weighted by atomic mass is 9.92. The third-order valence-corrected chi connectivity index (χ3v) is 28.1. The van der Waals surface area contributed by atoms with Gasteiger partial charge in [0.05, 0.1) is 22.6 Å². The minimum atomic E-state index is -0.935. The van der Waals surface area contributed by atoms with Crippen molar-refractivity contribution in [1.29, 1.82) is 0 Å². The molecule has 0 aliphatic heterocycles. The highest BCUT2D eigenvalue weighted by atomic mass is 33.1. The molecule has 46 nitrogen and oxygen atoms in total. The maximum absolute atomic E-state index is 12.0. The van der Waals surface area contributed by atoms with E-state index in [9.17, 15) is 113 Å². The van der Waals surface area contributed by atoms with Crippen molar-refractivity contribution < 1.29 is 150 Å². The summed E-state index contributed by atoms with van der Waals surface area (Å²) in [4.78, 5) is 216. The summed E-state index contributed by atoms with van der Waals surface area (Å²) in [5.41, 5.74) is 0.911.